The molecule has 0 atom stereocenters. The molecule has 2 N–H and O–H groups in total. The Bertz CT molecular complexity index is 782. The second-order valence-corrected chi connectivity index (χ2v) is 6.25. The molecule has 0 saturated heterocycles. The van der Waals surface area contributed by atoms with Crippen molar-refractivity contribution in [2.75, 3.05) is 0 Å². The molecule has 0 aliphatic rings. The molecule has 0 bridgehead atoms. The Balaban J connectivity index is 2.41. The van der Waals surface area contributed by atoms with Crippen molar-refractivity contribution in [2.45, 2.75) is 33.6 Å². The number of allylic oxidation sites excluding steroid dienone is 2. The molecule has 0 saturated carbocycles. The summed E-state index contributed by atoms with van der Waals surface area (Å²) >= 11 is 5.58. The molecule has 1 nitrogen and oxygen atoms in total. The van der Waals surface area contributed by atoms with E-state index in [0.29, 0.717) is 0 Å². The predicted molar refractivity (Wildman–Crippen MR) is 110 cm³/mol. The molecule has 0 aromatic heterocycles. The van der Waals surface area contributed by atoms with Gasteiger partial charge < -0.3 is 5.73 Å². The summed E-state index contributed by atoms with van der Waals surface area (Å²) < 4.78 is 0. The topological polar surface area (TPSA) is 26.0 Å². The highest BCUT2D eigenvalue weighted by Crippen LogP contribution is 2.28. The van der Waals surface area contributed by atoms with Gasteiger partial charge in [0.1, 0.15) is 0 Å². The Morgan fingerprint density at radius 2 is 1.79 bits per heavy atom. The molecule has 0 aliphatic carbocycles. The minimum atomic E-state index is 0.816. The van der Waals surface area contributed by atoms with Crippen LogP contribution in [-0.4, -0.2) is 4.86 Å². The summed E-state index contributed by atoms with van der Waals surface area (Å²) in [6.07, 6.45) is 3.76. The van der Waals surface area contributed by atoms with E-state index in [1.165, 1.54) is 22.3 Å². The lowest BCUT2D eigenvalue weighted by atomic mass is 9.93. The summed E-state index contributed by atoms with van der Waals surface area (Å²) in [4.78, 5) is 0.826. The van der Waals surface area contributed by atoms with Crippen molar-refractivity contribution in [1.82, 2.24) is 0 Å². The molecule has 2 aromatic carbocycles. The molecule has 2 aromatic rings. The van der Waals surface area contributed by atoms with E-state index in [-0.39, 0.29) is 0 Å². The van der Waals surface area contributed by atoms with Crippen molar-refractivity contribution in [1.29, 1.82) is 0 Å². The van der Waals surface area contributed by atoms with Crippen LogP contribution in [0, 0.1) is 0 Å². The summed E-state index contributed by atoms with van der Waals surface area (Å²) in [6.45, 7) is 10.2. The Labute approximate surface area is 150 Å². The number of aryl methyl sites for hydroxylation is 1. The van der Waals surface area contributed by atoms with Crippen molar-refractivity contribution in [3.63, 3.8) is 0 Å². The van der Waals surface area contributed by atoms with Crippen LogP contribution in [-0.2, 0) is 6.42 Å². The van der Waals surface area contributed by atoms with Crippen LogP contribution >= 0.6 is 12.2 Å². The number of thiocarbonyl (C=S) groups is 1. The maximum absolute atomic E-state index is 6.03. The molecule has 0 spiro atoms. The van der Waals surface area contributed by atoms with E-state index in [9.17, 15) is 0 Å². The highest BCUT2D eigenvalue weighted by molar-refractivity contribution is 7.81. The summed E-state index contributed by atoms with van der Waals surface area (Å²) in [5, 5.41) is 0. The van der Waals surface area contributed by atoms with Gasteiger partial charge in [0, 0.05) is 10.6 Å². The van der Waals surface area contributed by atoms with Crippen molar-refractivity contribution in [3.05, 3.63) is 77.0 Å². The van der Waals surface area contributed by atoms with Gasteiger partial charge in [-0.3, -0.25) is 0 Å². The average Bonchev–Trinajstić information content (AvgIpc) is 2.65. The largest absolute Gasteiger partial charge is 0.402 e. The number of hydrogen-bond acceptors (Lipinski definition) is 2. The second-order valence-electron chi connectivity index (χ2n) is 5.85. The van der Waals surface area contributed by atoms with Crippen molar-refractivity contribution >= 4 is 23.2 Å². The van der Waals surface area contributed by atoms with Crippen LogP contribution in [0.4, 0.5) is 0 Å². The van der Waals surface area contributed by atoms with Gasteiger partial charge in [0.2, 0.25) is 0 Å². The number of nitrogens with two attached hydrogens (primary N) is 1. The lowest BCUT2D eigenvalue weighted by Gasteiger charge is -2.12. The first-order valence-corrected chi connectivity index (χ1v) is 8.78. The molecule has 2 heteroatoms. The molecule has 124 valence electrons. The maximum Gasteiger partial charge on any atom is 0.0495 e. The smallest absolute Gasteiger partial charge is 0.0495 e. The Kier molecular flexibility index (Phi) is 6.10. The fourth-order valence-corrected chi connectivity index (χ4v) is 3.11. The fourth-order valence-electron chi connectivity index (χ4n) is 2.84. The molecule has 0 heterocycles. The van der Waals surface area contributed by atoms with E-state index < -0.39 is 0 Å². The summed E-state index contributed by atoms with van der Waals surface area (Å²) in [5.41, 5.74) is 13.8. The van der Waals surface area contributed by atoms with Crippen LogP contribution in [0.5, 0.6) is 0 Å². The van der Waals surface area contributed by atoms with Gasteiger partial charge in [-0.15, -0.1) is 0 Å². The van der Waals surface area contributed by atoms with E-state index in [1.807, 2.05) is 19.9 Å². The molecule has 0 radical (unpaired) electrons. The lowest BCUT2D eigenvalue weighted by molar-refractivity contribution is 1.05. The third-order valence-electron chi connectivity index (χ3n) is 4.44. The van der Waals surface area contributed by atoms with Crippen molar-refractivity contribution in [2.24, 2.45) is 5.73 Å². The van der Waals surface area contributed by atoms with Gasteiger partial charge in [0.15, 0.2) is 0 Å². The first kappa shape index (κ1) is 18.2. The minimum Gasteiger partial charge on any atom is -0.402 e. The fraction of sp³-hybridized carbons (Fsp3) is 0.227. The molecule has 0 aliphatic heterocycles. The lowest BCUT2D eigenvalue weighted by Crippen LogP contribution is -2.07. The summed E-state index contributed by atoms with van der Waals surface area (Å²) in [7, 11) is 0. The number of hydrogen-bond donors (Lipinski definition) is 1. The van der Waals surface area contributed by atoms with Gasteiger partial charge in [-0.05, 0) is 53.2 Å². The van der Waals surface area contributed by atoms with Crippen LogP contribution in [0.2, 0.25) is 0 Å². The standard InChI is InChI=1S/C22H25NS/c1-5-16-9-8-10-20(19(16)6-2)17-11-13-18(14-12-17)22(24)15(4)21(23)7-3/h6,8-14H,2,5,7,23H2,1,3-4H3/b21-15-. The quantitative estimate of drug-likeness (QED) is 0.403. The minimum absolute atomic E-state index is 0.816. The first-order valence-electron chi connectivity index (χ1n) is 8.38. The van der Waals surface area contributed by atoms with E-state index in [0.717, 1.165) is 34.5 Å². The zero-order chi connectivity index (χ0) is 17.7. The number of rotatable bonds is 6. The molecule has 0 amide bonds. The Morgan fingerprint density at radius 3 is 2.33 bits per heavy atom. The first-order chi connectivity index (χ1) is 11.5. The molecule has 0 unspecified atom stereocenters. The van der Waals surface area contributed by atoms with Gasteiger partial charge in [-0.25, -0.2) is 0 Å². The van der Waals surface area contributed by atoms with Crippen LogP contribution in [0.25, 0.3) is 17.2 Å². The van der Waals surface area contributed by atoms with Crippen LogP contribution < -0.4 is 5.73 Å². The third-order valence-corrected chi connectivity index (χ3v) is 4.98. The van der Waals surface area contributed by atoms with Gasteiger partial charge in [0.05, 0.1) is 0 Å². The molecular formula is C22H25NS. The van der Waals surface area contributed by atoms with Crippen LogP contribution in [0.1, 0.15) is 43.9 Å². The van der Waals surface area contributed by atoms with Gasteiger partial charge in [-0.1, -0.05) is 81.2 Å². The summed E-state index contributed by atoms with van der Waals surface area (Å²) in [5.74, 6) is 0. The SMILES string of the molecule is C=Cc1c(CC)cccc1-c1ccc(C(=S)/C(C)=C(\N)CC)cc1. The Morgan fingerprint density at radius 1 is 1.12 bits per heavy atom. The van der Waals surface area contributed by atoms with Crippen LogP contribution in [0.3, 0.4) is 0 Å². The normalized spacial score (nSPS) is 11.8. The summed E-state index contributed by atoms with van der Waals surface area (Å²) in [6, 6.07) is 14.8. The van der Waals surface area contributed by atoms with E-state index >= 15 is 0 Å². The molecule has 24 heavy (non-hydrogen) atoms. The third kappa shape index (κ3) is 3.65. The average molecular weight is 336 g/mol. The predicted octanol–water partition coefficient (Wildman–Crippen LogP) is 5.92. The van der Waals surface area contributed by atoms with Crippen molar-refractivity contribution < 1.29 is 0 Å². The maximum atomic E-state index is 6.03. The van der Waals surface area contributed by atoms with E-state index in [2.05, 4.69) is 56.0 Å². The monoisotopic (exact) mass is 335 g/mol. The highest BCUT2D eigenvalue weighted by Gasteiger charge is 2.09. The zero-order valence-corrected chi connectivity index (χ0v) is 15.5. The second kappa shape index (κ2) is 8.07. The van der Waals surface area contributed by atoms with Crippen LogP contribution in [0.15, 0.2) is 60.3 Å². The number of benzene rings is 2. The highest BCUT2D eigenvalue weighted by atomic mass is 32.1. The molecule has 2 rings (SSSR count). The molecule has 0 fully saturated rings. The van der Waals surface area contributed by atoms with Gasteiger partial charge in [0.25, 0.3) is 0 Å². The van der Waals surface area contributed by atoms with E-state index in [1.54, 1.807) is 0 Å². The van der Waals surface area contributed by atoms with E-state index in [4.69, 9.17) is 18.0 Å². The Hall–Kier alpha value is -2.19. The van der Waals surface area contributed by atoms with Gasteiger partial charge in [-0.2, -0.15) is 0 Å². The van der Waals surface area contributed by atoms with Gasteiger partial charge >= 0.3 is 0 Å². The molecular weight excluding hydrogens is 310 g/mol. The zero-order valence-electron chi connectivity index (χ0n) is 14.7. The van der Waals surface area contributed by atoms with Crippen molar-refractivity contribution in [3.8, 4) is 11.1 Å².